The molecule has 10 aromatic rings. The SMILES string of the molecule is Brc1ccccc1C1(c2ccc(N(c3ccc(-c4ccccc4)cc3)c3ccc(-c4ccccc4)cc3)cc2)c2ccc(-c3ccccc3)cc2-c2cc(-c3ccccc3)ccc21. The van der Waals surface area contributed by atoms with Crippen LogP contribution in [-0.2, 0) is 5.41 Å². The van der Waals surface area contributed by atoms with Gasteiger partial charge in [0.2, 0.25) is 0 Å². The van der Waals surface area contributed by atoms with Gasteiger partial charge >= 0.3 is 0 Å². The van der Waals surface area contributed by atoms with Gasteiger partial charge in [0.25, 0.3) is 0 Å². The highest BCUT2D eigenvalue weighted by Crippen LogP contribution is 2.58. The van der Waals surface area contributed by atoms with Crippen LogP contribution in [-0.4, -0.2) is 0 Å². The van der Waals surface area contributed by atoms with Crippen molar-refractivity contribution in [1.29, 1.82) is 0 Å². The molecule has 63 heavy (non-hydrogen) atoms. The summed E-state index contributed by atoms with van der Waals surface area (Å²) in [5.74, 6) is 0. The zero-order chi connectivity index (χ0) is 42.2. The predicted molar refractivity (Wildman–Crippen MR) is 268 cm³/mol. The van der Waals surface area contributed by atoms with E-state index in [4.69, 9.17) is 0 Å². The summed E-state index contributed by atoms with van der Waals surface area (Å²) in [6.45, 7) is 0. The zero-order valence-corrected chi connectivity index (χ0v) is 36.2. The summed E-state index contributed by atoms with van der Waals surface area (Å²) < 4.78 is 1.07. The van der Waals surface area contributed by atoms with Gasteiger partial charge in [-0.3, -0.25) is 0 Å². The molecule has 1 nitrogen and oxygen atoms in total. The summed E-state index contributed by atoms with van der Waals surface area (Å²) in [6, 6.07) is 92.8. The van der Waals surface area contributed by atoms with E-state index in [1.54, 1.807) is 0 Å². The molecule has 0 amide bonds. The first-order valence-electron chi connectivity index (χ1n) is 21.5. The fraction of sp³-hybridized carbons (Fsp3) is 0.0164. The van der Waals surface area contributed by atoms with E-state index in [9.17, 15) is 0 Å². The van der Waals surface area contributed by atoms with E-state index in [2.05, 4.69) is 276 Å². The molecule has 0 aliphatic heterocycles. The van der Waals surface area contributed by atoms with Crippen molar-refractivity contribution < 1.29 is 0 Å². The summed E-state index contributed by atoms with van der Waals surface area (Å²) in [5, 5.41) is 0. The van der Waals surface area contributed by atoms with Crippen LogP contribution in [0.4, 0.5) is 17.1 Å². The maximum atomic E-state index is 4.08. The van der Waals surface area contributed by atoms with E-state index in [1.807, 2.05) is 0 Å². The number of hydrogen-bond acceptors (Lipinski definition) is 1. The van der Waals surface area contributed by atoms with E-state index >= 15 is 0 Å². The first-order chi connectivity index (χ1) is 31.1. The molecule has 0 saturated heterocycles. The third-order valence-corrected chi connectivity index (χ3v) is 13.3. The van der Waals surface area contributed by atoms with Crippen molar-refractivity contribution >= 4 is 33.0 Å². The number of rotatable bonds is 9. The Morgan fingerprint density at radius 1 is 0.270 bits per heavy atom. The van der Waals surface area contributed by atoms with Crippen molar-refractivity contribution in [2.45, 2.75) is 5.41 Å². The molecule has 0 spiro atoms. The van der Waals surface area contributed by atoms with Gasteiger partial charge in [0, 0.05) is 21.5 Å². The molecule has 2 heteroatoms. The molecule has 298 valence electrons. The lowest BCUT2D eigenvalue weighted by Gasteiger charge is -2.35. The average molecular weight is 869 g/mol. The Bertz CT molecular complexity index is 3010. The van der Waals surface area contributed by atoms with Crippen molar-refractivity contribution in [3.63, 3.8) is 0 Å². The van der Waals surface area contributed by atoms with Crippen molar-refractivity contribution in [3.8, 4) is 55.6 Å². The molecule has 0 fully saturated rings. The van der Waals surface area contributed by atoms with Gasteiger partial charge in [-0.05, 0) is 132 Å². The molecule has 1 aliphatic rings. The van der Waals surface area contributed by atoms with Crippen LogP contribution in [0, 0.1) is 0 Å². The van der Waals surface area contributed by atoms with Crippen LogP contribution in [0.1, 0.15) is 22.3 Å². The Balaban J connectivity index is 1.09. The van der Waals surface area contributed by atoms with E-state index in [0.717, 1.165) is 21.5 Å². The van der Waals surface area contributed by atoms with Crippen LogP contribution in [0.5, 0.6) is 0 Å². The Morgan fingerprint density at radius 2 is 0.587 bits per heavy atom. The van der Waals surface area contributed by atoms with Crippen LogP contribution in [0.3, 0.4) is 0 Å². The molecule has 1 aliphatic carbocycles. The monoisotopic (exact) mass is 867 g/mol. The summed E-state index contributed by atoms with van der Waals surface area (Å²) in [7, 11) is 0. The second-order valence-electron chi connectivity index (χ2n) is 16.2. The lowest BCUT2D eigenvalue weighted by Crippen LogP contribution is -2.29. The molecule has 0 heterocycles. The molecule has 0 atom stereocenters. The van der Waals surface area contributed by atoms with Crippen LogP contribution < -0.4 is 4.90 Å². The Hall–Kier alpha value is -7.52. The maximum absolute atomic E-state index is 4.08. The van der Waals surface area contributed by atoms with Crippen LogP contribution in [0.2, 0.25) is 0 Å². The molecular weight excluding hydrogens is 827 g/mol. The minimum atomic E-state index is -0.604. The molecule has 0 bridgehead atoms. The minimum absolute atomic E-state index is 0.604. The standard InChI is InChI=1S/C61H42BrN/c62-60-24-14-13-23-59(60)61(57-39-29-49(45-19-9-3-10-20-45)41-55(57)56-42-50(30-40-58(56)61)46-21-11-4-12-22-46)51-31-37-54(38-32-51)63(52-33-25-47(26-34-52)43-15-5-1-6-16-43)53-35-27-48(28-36-53)44-17-7-2-8-18-44/h1-42H. The highest BCUT2D eigenvalue weighted by Gasteiger charge is 2.47. The molecular formula is C61H42BrN. The minimum Gasteiger partial charge on any atom is -0.311 e. The van der Waals surface area contributed by atoms with E-state index in [1.165, 1.54) is 77.9 Å². The summed E-state index contributed by atoms with van der Waals surface area (Å²) in [6.07, 6.45) is 0. The number of anilines is 3. The smallest absolute Gasteiger partial charge is 0.0724 e. The normalized spacial score (nSPS) is 12.3. The van der Waals surface area contributed by atoms with Crippen molar-refractivity contribution in [2.24, 2.45) is 0 Å². The quantitative estimate of drug-likeness (QED) is 0.140. The molecule has 11 rings (SSSR count). The maximum Gasteiger partial charge on any atom is 0.0724 e. The first kappa shape index (κ1) is 38.4. The topological polar surface area (TPSA) is 3.24 Å². The van der Waals surface area contributed by atoms with Crippen LogP contribution in [0.25, 0.3) is 55.6 Å². The van der Waals surface area contributed by atoms with Crippen molar-refractivity contribution in [2.75, 3.05) is 4.90 Å². The third-order valence-electron chi connectivity index (χ3n) is 12.7. The largest absolute Gasteiger partial charge is 0.311 e. The number of halogens is 1. The Labute approximate surface area is 378 Å². The van der Waals surface area contributed by atoms with Gasteiger partial charge in [0.1, 0.15) is 0 Å². The fourth-order valence-electron chi connectivity index (χ4n) is 9.65. The zero-order valence-electron chi connectivity index (χ0n) is 34.6. The van der Waals surface area contributed by atoms with Gasteiger partial charge in [-0.2, -0.15) is 0 Å². The summed E-state index contributed by atoms with van der Waals surface area (Å²) in [4.78, 5) is 2.37. The van der Waals surface area contributed by atoms with Gasteiger partial charge in [0.15, 0.2) is 0 Å². The summed E-state index contributed by atoms with van der Waals surface area (Å²) >= 11 is 4.08. The molecule has 0 radical (unpaired) electrons. The molecule has 10 aromatic carbocycles. The van der Waals surface area contributed by atoms with Gasteiger partial charge in [-0.15, -0.1) is 0 Å². The van der Waals surface area contributed by atoms with Gasteiger partial charge in [-0.1, -0.05) is 216 Å². The number of fused-ring (bicyclic) bond motifs is 3. The lowest BCUT2D eigenvalue weighted by molar-refractivity contribution is 0.764. The van der Waals surface area contributed by atoms with Gasteiger partial charge in [0.05, 0.1) is 5.41 Å². The number of benzene rings is 10. The average Bonchev–Trinajstić information content (AvgIpc) is 3.65. The van der Waals surface area contributed by atoms with Crippen molar-refractivity contribution in [3.05, 3.63) is 282 Å². The summed E-state index contributed by atoms with van der Waals surface area (Å²) in [5.41, 5.74) is 19.7. The fourth-order valence-corrected chi connectivity index (χ4v) is 10.2. The molecule has 0 N–H and O–H groups in total. The predicted octanol–water partition coefficient (Wildman–Crippen LogP) is 16.9. The van der Waals surface area contributed by atoms with Crippen molar-refractivity contribution in [1.82, 2.24) is 0 Å². The second kappa shape index (κ2) is 16.4. The van der Waals surface area contributed by atoms with E-state index in [0.29, 0.717) is 0 Å². The number of nitrogens with zero attached hydrogens (tertiary/aromatic N) is 1. The van der Waals surface area contributed by atoms with E-state index < -0.39 is 5.41 Å². The first-order valence-corrected chi connectivity index (χ1v) is 22.3. The van der Waals surface area contributed by atoms with Crippen LogP contribution in [0.15, 0.2) is 259 Å². The third kappa shape index (κ3) is 6.90. The van der Waals surface area contributed by atoms with Gasteiger partial charge < -0.3 is 4.90 Å². The van der Waals surface area contributed by atoms with Crippen LogP contribution >= 0.6 is 15.9 Å². The highest BCUT2D eigenvalue weighted by atomic mass is 79.9. The second-order valence-corrected chi connectivity index (χ2v) is 17.0. The molecule has 0 saturated carbocycles. The molecule has 0 aromatic heterocycles. The Morgan fingerprint density at radius 3 is 0.984 bits per heavy atom. The number of hydrogen-bond donors (Lipinski definition) is 0. The Kier molecular flexibility index (Phi) is 10.00. The van der Waals surface area contributed by atoms with E-state index in [-0.39, 0.29) is 0 Å². The lowest BCUT2D eigenvalue weighted by atomic mass is 9.67. The highest BCUT2D eigenvalue weighted by molar-refractivity contribution is 9.10. The molecule has 0 unspecified atom stereocenters. The van der Waals surface area contributed by atoms with Gasteiger partial charge in [-0.25, -0.2) is 0 Å².